The zero-order valence-corrected chi connectivity index (χ0v) is 23.3. The summed E-state index contributed by atoms with van der Waals surface area (Å²) in [5.74, 6) is -1.87. The minimum atomic E-state index is -1.74. The molecule has 8 heteroatoms. The maximum Gasteiger partial charge on any atom is 0.331 e. The van der Waals surface area contributed by atoms with E-state index in [1.807, 2.05) is 13.8 Å². The van der Waals surface area contributed by atoms with Crippen LogP contribution in [0.15, 0.2) is 23.8 Å². The topological polar surface area (TPSA) is 112 Å². The van der Waals surface area contributed by atoms with Crippen molar-refractivity contribution in [3.63, 3.8) is 0 Å². The highest BCUT2D eigenvalue weighted by Crippen LogP contribution is 2.70. The Morgan fingerprint density at radius 2 is 1.85 bits per heavy atom. The molecule has 0 aromatic rings. The summed E-state index contributed by atoms with van der Waals surface area (Å²) < 4.78 is 24.1. The zero-order valence-electron chi connectivity index (χ0n) is 23.3. The smallest absolute Gasteiger partial charge is 0.331 e. The lowest BCUT2D eigenvalue weighted by Crippen LogP contribution is -2.69. The first-order chi connectivity index (χ1) is 18.5. The van der Waals surface area contributed by atoms with Crippen molar-refractivity contribution in [3.05, 3.63) is 23.8 Å². The highest BCUT2D eigenvalue weighted by atomic mass is 16.8. The molecule has 13 unspecified atom stereocenters. The van der Waals surface area contributed by atoms with E-state index >= 15 is 0 Å². The maximum absolute atomic E-state index is 13.2. The Bertz CT molecular complexity index is 1130. The van der Waals surface area contributed by atoms with E-state index in [1.54, 1.807) is 6.08 Å². The van der Waals surface area contributed by atoms with Crippen LogP contribution in [0.2, 0.25) is 0 Å². The molecule has 7 aliphatic rings. The third kappa shape index (κ3) is 3.30. The molecule has 0 radical (unpaired) electrons. The van der Waals surface area contributed by atoms with Crippen LogP contribution in [0.5, 0.6) is 0 Å². The molecule has 8 nitrogen and oxygen atoms in total. The maximum atomic E-state index is 13.2. The number of carbonyl (C=O) groups is 2. The fourth-order valence-corrected chi connectivity index (χ4v) is 10.4. The van der Waals surface area contributed by atoms with Crippen molar-refractivity contribution in [1.82, 2.24) is 0 Å². The molecule has 0 aromatic heterocycles. The largest absolute Gasteiger partial charge is 0.458 e. The van der Waals surface area contributed by atoms with Crippen LogP contribution < -0.4 is 0 Å². The van der Waals surface area contributed by atoms with E-state index in [2.05, 4.69) is 13.5 Å². The van der Waals surface area contributed by atoms with Crippen LogP contribution in [-0.2, 0) is 28.5 Å². The van der Waals surface area contributed by atoms with Crippen molar-refractivity contribution in [2.75, 3.05) is 6.61 Å². The van der Waals surface area contributed by atoms with E-state index in [0.29, 0.717) is 31.4 Å². The molecule has 214 valence electrons. The van der Waals surface area contributed by atoms with Crippen LogP contribution in [-0.4, -0.2) is 65.1 Å². The Kier molecular flexibility index (Phi) is 5.72. The van der Waals surface area contributed by atoms with Gasteiger partial charge in [0, 0.05) is 22.8 Å². The van der Waals surface area contributed by atoms with Gasteiger partial charge < -0.3 is 34.0 Å². The molecule has 2 saturated heterocycles. The van der Waals surface area contributed by atoms with Gasteiger partial charge in [0.05, 0.1) is 23.9 Å². The lowest BCUT2D eigenvalue weighted by atomic mass is 9.42. The summed E-state index contributed by atoms with van der Waals surface area (Å²) in [6.07, 6.45) is 6.95. The van der Waals surface area contributed by atoms with Crippen LogP contribution in [0.1, 0.15) is 72.1 Å². The molecule has 0 amide bonds. The van der Waals surface area contributed by atoms with Gasteiger partial charge in [0.25, 0.3) is 0 Å². The molecule has 0 aromatic carbocycles. The lowest BCUT2D eigenvalue weighted by molar-refractivity contribution is -0.423. The first-order valence-electron chi connectivity index (χ1n) is 14.9. The minimum absolute atomic E-state index is 0.00734. The average molecular weight is 543 g/mol. The second-order valence-electron chi connectivity index (χ2n) is 14.0. The molecular weight excluding hydrogens is 500 g/mol. The van der Waals surface area contributed by atoms with Gasteiger partial charge in [-0.3, -0.25) is 0 Å². The van der Waals surface area contributed by atoms with Crippen molar-refractivity contribution in [3.8, 4) is 0 Å². The summed E-state index contributed by atoms with van der Waals surface area (Å²) in [7, 11) is 0. The van der Waals surface area contributed by atoms with Crippen LogP contribution in [0, 0.1) is 40.4 Å². The molecule has 3 heterocycles. The highest BCUT2D eigenvalue weighted by Gasteiger charge is 2.70. The van der Waals surface area contributed by atoms with Crippen molar-refractivity contribution in [2.24, 2.45) is 40.4 Å². The average Bonchev–Trinajstić information content (AvgIpc) is 3.45. The summed E-state index contributed by atoms with van der Waals surface area (Å²) in [5.41, 5.74) is -0.358. The summed E-state index contributed by atoms with van der Waals surface area (Å²) in [6, 6.07) is 0. The number of hydrogen-bond donors (Lipinski definition) is 2. The predicted octanol–water partition coefficient (Wildman–Crippen LogP) is 3.44. The molecule has 39 heavy (non-hydrogen) atoms. The molecule has 7 rings (SSSR count). The SMILES string of the molecule is C=C1C(C)C(C)OC2OC3CC4CCC5C(CCC6(C)C(C7=CC(=O)OC7)CCC56O)C4(C=O)CC3OC12O. The summed E-state index contributed by atoms with van der Waals surface area (Å²) >= 11 is 0. The molecule has 0 spiro atoms. The number of aliphatic hydroxyl groups is 2. The second-order valence-corrected chi connectivity index (χ2v) is 14.0. The first-order valence-corrected chi connectivity index (χ1v) is 14.9. The van der Waals surface area contributed by atoms with Crippen LogP contribution in [0.4, 0.5) is 0 Å². The van der Waals surface area contributed by atoms with Crippen molar-refractivity contribution >= 4 is 12.3 Å². The van der Waals surface area contributed by atoms with Gasteiger partial charge in [0.1, 0.15) is 12.9 Å². The number of esters is 1. The van der Waals surface area contributed by atoms with Crippen molar-refractivity contribution in [2.45, 2.75) is 108 Å². The molecule has 0 bridgehead atoms. The van der Waals surface area contributed by atoms with Gasteiger partial charge in [-0.1, -0.05) is 20.4 Å². The fraction of sp³-hybridized carbons (Fsp3) is 0.806. The minimum Gasteiger partial charge on any atom is -0.458 e. The van der Waals surface area contributed by atoms with E-state index in [9.17, 15) is 19.8 Å². The summed E-state index contributed by atoms with van der Waals surface area (Å²) in [5, 5.41) is 24.1. The van der Waals surface area contributed by atoms with Gasteiger partial charge in [-0.05, 0) is 93.1 Å². The lowest BCUT2D eigenvalue weighted by Gasteiger charge is -2.64. The van der Waals surface area contributed by atoms with Crippen LogP contribution >= 0.6 is 0 Å². The van der Waals surface area contributed by atoms with Crippen LogP contribution in [0.25, 0.3) is 0 Å². The first kappa shape index (κ1) is 26.3. The molecule has 6 fully saturated rings. The van der Waals surface area contributed by atoms with Gasteiger partial charge in [-0.25, -0.2) is 4.79 Å². The number of ether oxygens (including phenoxy) is 4. The van der Waals surface area contributed by atoms with Crippen molar-refractivity contribution < 1.29 is 38.7 Å². The number of aldehydes is 1. The quantitative estimate of drug-likeness (QED) is 0.236. The van der Waals surface area contributed by atoms with Gasteiger partial charge in [-0.15, -0.1) is 0 Å². The van der Waals surface area contributed by atoms with Gasteiger partial charge in [0.15, 0.2) is 0 Å². The molecule has 2 N–H and O–H groups in total. The number of rotatable bonds is 2. The number of hydrogen-bond acceptors (Lipinski definition) is 8. The molecule has 4 saturated carbocycles. The standard InChI is InChI=1S/C31H42O8/c1-16-17(2)31(35)27(37-18(16)3)38-24-12-20-5-6-23-22(29(20,15-32)13-25(24)39-31)7-9-28(4)21(8-10-30(23,28)34)19-11-26(33)36-14-19/h11,15-16,18,20-25,27,34-35H,2,5-10,12-14H2,1,3-4H3. The summed E-state index contributed by atoms with van der Waals surface area (Å²) in [6.45, 7) is 10.6. The van der Waals surface area contributed by atoms with Gasteiger partial charge in [0.2, 0.25) is 12.1 Å². The highest BCUT2D eigenvalue weighted by molar-refractivity contribution is 5.85. The van der Waals surface area contributed by atoms with Gasteiger partial charge >= 0.3 is 5.97 Å². The van der Waals surface area contributed by atoms with E-state index in [1.165, 1.54) is 0 Å². The predicted molar refractivity (Wildman–Crippen MR) is 139 cm³/mol. The number of cyclic esters (lactones) is 1. The fourth-order valence-electron chi connectivity index (χ4n) is 10.4. The molecule has 13 atom stereocenters. The normalized spacial score (nSPS) is 56.3. The Hall–Kier alpha value is -1.58. The Labute approximate surface area is 230 Å². The summed E-state index contributed by atoms with van der Waals surface area (Å²) in [4.78, 5) is 25.1. The van der Waals surface area contributed by atoms with E-state index in [-0.39, 0.29) is 53.2 Å². The number of fused-ring (bicyclic) bond motifs is 7. The second kappa shape index (κ2) is 8.48. The zero-order chi connectivity index (χ0) is 27.5. The Morgan fingerprint density at radius 3 is 2.56 bits per heavy atom. The molecule has 3 aliphatic heterocycles. The Balaban J connectivity index is 1.18. The van der Waals surface area contributed by atoms with E-state index in [0.717, 1.165) is 44.0 Å². The third-order valence-corrected chi connectivity index (χ3v) is 12.8. The van der Waals surface area contributed by atoms with Crippen molar-refractivity contribution in [1.29, 1.82) is 0 Å². The van der Waals surface area contributed by atoms with Gasteiger partial charge in [-0.2, -0.15) is 0 Å². The molecular formula is C31H42O8. The van der Waals surface area contributed by atoms with E-state index < -0.39 is 29.2 Å². The van der Waals surface area contributed by atoms with Crippen LogP contribution in [0.3, 0.4) is 0 Å². The third-order valence-electron chi connectivity index (χ3n) is 12.8. The monoisotopic (exact) mass is 542 g/mol. The molecule has 4 aliphatic carbocycles. The van der Waals surface area contributed by atoms with E-state index in [4.69, 9.17) is 18.9 Å². The number of carbonyl (C=O) groups excluding carboxylic acids is 2. The Morgan fingerprint density at radius 1 is 1.05 bits per heavy atom.